The Labute approximate surface area is 126 Å². The van der Waals surface area contributed by atoms with Gasteiger partial charge in [-0.1, -0.05) is 37.3 Å². The third kappa shape index (κ3) is 3.61. The molecule has 0 aliphatic carbocycles. The zero-order chi connectivity index (χ0) is 15.2. The van der Waals surface area contributed by atoms with Crippen LogP contribution < -0.4 is 10.1 Å². The summed E-state index contributed by atoms with van der Waals surface area (Å²) in [5, 5.41) is 3.52. The lowest BCUT2D eigenvalue weighted by molar-refractivity contribution is 0.404. The molecule has 1 atom stereocenters. The molecule has 2 aromatic rings. The summed E-state index contributed by atoms with van der Waals surface area (Å²) in [6.45, 7) is 4.80. The van der Waals surface area contributed by atoms with Crippen molar-refractivity contribution >= 4 is 0 Å². The Kier molecular flexibility index (Phi) is 5.34. The highest BCUT2D eigenvalue weighted by Crippen LogP contribution is 2.30. The van der Waals surface area contributed by atoms with Crippen molar-refractivity contribution in [1.29, 1.82) is 0 Å². The molecule has 2 aromatic carbocycles. The number of nitrogens with one attached hydrogen (secondary N) is 1. The van der Waals surface area contributed by atoms with Gasteiger partial charge in [0.2, 0.25) is 0 Å². The van der Waals surface area contributed by atoms with Crippen LogP contribution in [0.2, 0.25) is 0 Å². The van der Waals surface area contributed by atoms with Crippen LogP contribution in [0.25, 0.3) is 0 Å². The third-order valence-corrected chi connectivity index (χ3v) is 3.56. The number of methoxy groups -OCH3 is 1. The van der Waals surface area contributed by atoms with Gasteiger partial charge in [-0.25, -0.2) is 4.39 Å². The molecule has 3 heteroatoms. The van der Waals surface area contributed by atoms with Crippen molar-refractivity contribution in [2.24, 2.45) is 0 Å². The number of aryl methyl sites for hydroxylation is 1. The largest absolute Gasteiger partial charge is 0.496 e. The first-order chi connectivity index (χ1) is 10.2. The Hall–Kier alpha value is -1.87. The summed E-state index contributed by atoms with van der Waals surface area (Å²) in [6.07, 6.45) is 1.03. The van der Waals surface area contributed by atoms with Crippen molar-refractivity contribution in [3.63, 3.8) is 0 Å². The van der Waals surface area contributed by atoms with E-state index in [1.54, 1.807) is 14.0 Å². The van der Waals surface area contributed by atoms with Gasteiger partial charge in [-0.2, -0.15) is 0 Å². The van der Waals surface area contributed by atoms with E-state index in [0.717, 1.165) is 29.8 Å². The highest BCUT2D eigenvalue weighted by Gasteiger charge is 2.18. The van der Waals surface area contributed by atoms with Gasteiger partial charge in [0.1, 0.15) is 11.6 Å². The molecule has 0 heterocycles. The van der Waals surface area contributed by atoms with E-state index in [0.29, 0.717) is 5.56 Å². The van der Waals surface area contributed by atoms with E-state index in [-0.39, 0.29) is 11.9 Å². The van der Waals surface area contributed by atoms with Gasteiger partial charge in [-0.15, -0.1) is 0 Å². The monoisotopic (exact) mass is 287 g/mol. The van der Waals surface area contributed by atoms with Crippen molar-refractivity contribution in [3.05, 3.63) is 65.0 Å². The fraction of sp³-hybridized carbons (Fsp3) is 0.333. The number of hydrogen-bond donors (Lipinski definition) is 1. The third-order valence-electron chi connectivity index (χ3n) is 3.56. The van der Waals surface area contributed by atoms with Crippen LogP contribution in [0.15, 0.2) is 42.5 Å². The van der Waals surface area contributed by atoms with Gasteiger partial charge in [0, 0.05) is 5.56 Å². The van der Waals surface area contributed by atoms with Gasteiger partial charge in [-0.05, 0) is 43.1 Å². The quantitative estimate of drug-likeness (QED) is 0.858. The summed E-state index contributed by atoms with van der Waals surface area (Å²) in [5.41, 5.74) is 2.78. The van der Waals surface area contributed by atoms with E-state index in [1.807, 2.05) is 36.4 Å². The molecule has 0 saturated heterocycles. The molecule has 0 bridgehead atoms. The smallest absolute Gasteiger partial charge is 0.126 e. The highest BCUT2D eigenvalue weighted by molar-refractivity contribution is 5.42. The van der Waals surface area contributed by atoms with Crippen LogP contribution in [-0.4, -0.2) is 13.7 Å². The Morgan fingerprint density at radius 1 is 1.19 bits per heavy atom. The number of para-hydroxylation sites is 1. The van der Waals surface area contributed by atoms with Gasteiger partial charge in [0.15, 0.2) is 0 Å². The normalized spacial score (nSPS) is 12.2. The van der Waals surface area contributed by atoms with E-state index >= 15 is 0 Å². The predicted octanol–water partition coefficient (Wildman–Crippen LogP) is 4.23. The minimum atomic E-state index is -0.173. The Balaban J connectivity index is 2.44. The Morgan fingerprint density at radius 3 is 2.62 bits per heavy atom. The molecule has 2 nitrogen and oxygen atoms in total. The summed E-state index contributed by atoms with van der Waals surface area (Å²) in [6, 6.07) is 13.2. The molecule has 112 valence electrons. The average Bonchev–Trinajstić information content (AvgIpc) is 2.51. The topological polar surface area (TPSA) is 21.3 Å². The van der Waals surface area contributed by atoms with E-state index < -0.39 is 0 Å². The minimum absolute atomic E-state index is 0.000370. The van der Waals surface area contributed by atoms with Crippen LogP contribution in [0.3, 0.4) is 0 Å². The molecule has 0 fully saturated rings. The molecule has 0 amide bonds. The molecular formula is C18H22FNO. The molecule has 0 radical (unpaired) electrons. The standard InChI is InChI=1S/C18H22FNO/c1-4-11-20-18(14-9-10-16(19)13(2)12-14)15-7-5-6-8-17(15)21-3/h5-10,12,18,20H,4,11H2,1-3H3. The summed E-state index contributed by atoms with van der Waals surface area (Å²) in [4.78, 5) is 0. The van der Waals surface area contributed by atoms with Crippen LogP contribution in [0, 0.1) is 12.7 Å². The number of rotatable bonds is 6. The van der Waals surface area contributed by atoms with Crippen molar-refractivity contribution < 1.29 is 9.13 Å². The molecule has 0 aliphatic rings. The van der Waals surface area contributed by atoms with Gasteiger partial charge >= 0.3 is 0 Å². The molecule has 21 heavy (non-hydrogen) atoms. The molecule has 0 aromatic heterocycles. The first-order valence-electron chi connectivity index (χ1n) is 7.29. The fourth-order valence-electron chi connectivity index (χ4n) is 2.45. The van der Waals surface area contributed by atoms with Crippen molar-refractivity contribution in [1.82, 2.24) is 5.32 Å². The van der Waals surface area contributed by atoms with E-state index in [4.69, 9.17) is 4.74 Å². The Morgan fingerprint density at radius 2 is 1.95 bits per heavy atom. The first kappa shape index (κ1) is 15.5. The van der Waals surface area contributed by atoms with Gasteiger partial charge in [-0.3, -0.25) is 0 Å². The zero-order valence-electron chi connectivity index (χ0n) is 12.8. The van der Waals surface area contributed by atoms with E-state index in [9.17, 15) is 4.39 Å². The van der Waals surface area contributed by atoms with Gasteiger partial charge < -0.3 is 10.1 Å². The predicted molar refractivity (Wildman–Crippen MR) is 84.3 cm³/mol. The lowest BCUT2D eigenvalue weighted by Crippen LogP contribution is -2.23. The maximum absolute atomic E-state index is 13.5. The molecule has 0 saturated carbocycles. The van der Waals surface area contributed by atoms with Crippen LogP contribution in [0.5, 0.6) is 5.75 Å². The van der Waals surface area contributed by atoms with Crippen LogP contribution in [0.4, 0.5) is 4.39 Å². The van der Waals surface area contributed by atoms with E-state index in [1.165, 1.54) is 6.07 Å². The van der Waals surface area contributed by atoms with E-state index in [2.05, 4.69) is 12.2 Å². The maximum Gasteiger partial charge on any atom is 0.126 e. The molecule has 2 rings (SSSR count). The molecule has 1 unspecified atom stereocenters. The fourth-order valence-corrected chi connectivity index (χ4v) is 2.45. The van der Waals surface area contributed by atoms with Crippen LogP contribution >= 0.6 is 0 Å². The average molecular weight is 287 g/mol. The SMILES string of the molecule is CCCNC(c1ccc(F)c(C)c1)c1ccccc1OC. The zero-order valence-corrected chi connectivity index (χ0v) is 12.8. The summed E-state index contributed by atoms with van der Waals surface area (Å²) < 4.78 is 19.0. The van der Waals surface area contributed by atoms with Crippen molar-refractivity contribution in [2.75, 3.05) is 13.7 Å². The summed E-state index contributed by atoms with van der Waals surface area (Å²) in [7, 11) is 1.67. The summed E-state index contributed by atoms with van der Waals surface area (Å²) >= 11 is 0. The second-order valence-electron chi connectivity index (χ2n) is 5.14. The first-order valence-corrected chi connectivity index (χ1v) is 7.29. The lowest BCUT2D eigenvalue weighted by atomic mass is 9.96. The van der Waals surface area contributed by atoms with Gasteiger partial charge in [0.05, 0.1) is 13.2 Å². The number of ether oxygens (including phenoxy) is 1. The second kappa shape index (κ2) is 7.23. The van der Waals surface area contributed by atoms with Crippen LogP contribution in [0.1, 0.15) is 36.1 Å². The lowest BCUT2D eigenvalue weighted by Gasteiger charge is -2.22. The van der Waals surface area contributed by atoms with Crippen molar-refractivity contribution in [2.45, 2.75) is 26.3 Å². The van der Waals surface area contributed by atoms with Crippen molar-refractivity contribution in [3.8, 4) is 5.75 Å². The highest BCUT2D eigenvalue weighted by atomic mass is 19.1. The molecule has 0 spiro atoms. The summed E-state index contributed by atoms with van der Waals surface area (Å²) in [5.74, 6) is 0.668. The number of benzene rings is 2. The molecule has 1 N–H and O–H groups in total. The van der Waals surface area contributed by atoms with Crippen LogP contribution in [-0.2, 0) is 0 Å². The Bertz CT molecular complexity index is 598. The van der Waals surface area contributed by atoms with Gasteiger partial charge in [0.25, 0.3) is 0 Å². The number of halogens is 1. The molecular weight excluding hydrogens is 265 g/mol. The second-order valence-corrected chi connectivity index (χ2v) is 5.14. The molecule has 0 aliphatic heterocycles. The number of hydrogen-bond acceptors (Lipinski definition) is 2. The minimum Gasteiger partial charge on any atom is -0.496 e. The maximum atomic E-state index is 13.5.